The van der Waals surface area contributed by atoms with Crippen molar-refractivity contribution in [1.82, 2.24) is 15.1 Å². The Hall–Kier alpha value is -2.19. The fourth-order valence-corrected chi connectivity index (χ4v) is 3.15. The average molecular weight is 291 g/mol. The summed E-state index contributed by atoms with van der Waals surface area (Å²) in [7, 11) is -3.87. The zero-order valence-electron chi connectivity index (χ0n) is 10.5. The standard InChI is InChI=1S/C12H13N5O2S/c13-20(18,19)12(9-4-2-1-3-5-9)17-11-10(7-16-17)6-14-8-15-11/h1-5,7-8,12H,6H2,(H,14,15)(H2,13,18,19). The number of nitrogens with one attached hydrogen (secondary N) is 1. The number of nitrogens with two attached hydrogens (primary N) is 1. The molecule has 8 heteroatoms. The van der Waals surface area contributed by atoms with Gasteiger partial charge in [-0.05, 0) is 5.56 Å². The van der Waals surface area contributed by atoms with Crippen molar-refractivity contribution >= 4 is 22.2 Å². The summed E-state index contributed by atoms with van der Waals surface area (Å²) < 4.78 is 25.3. The minimum absolute atomic E-state index is 0.506. The van der Waals surface area contributed by atoms with E-state index in [2.05, 4.69) is 15.4 Å². The molecule has 1 aromatic heterocycles. The lowest BCUT2D eigenvalue weighted by atomic mass is 10.2. The molecule has 0 aliphatic carbocycles. The Morgan fingerprint density at radius 3 is 2.75 bits per heavy atom. The van der Waals surface area contributed by atoms with E-state index in [-0.39, 0.29) is 0 Å². The van der Waals surface area contributed by atoms with Crippen LogP contribution < -0.4 is 10.5 Å². The van der Waals surface area contributed by atoms with E-state index in [0.717, 1.165) is 5.56 Å². The van der Waals surface area contributed by atoms with Crippen LogP contribution in [0, 0.1) is 0 Å². The van der Waals surface area contributed by atoms with Gasteiger partial charge >= 0.3 is 0 Å². The summed E-state index contributed by atoms with van der Waals surface area (Å²) in [6.45, 7) is 0.560. The smallest absolute Gasteiger partial charge is 0.236 e. The van der Waals surface area contributed by atoms with Crippen LogP contribution in [0.15, 0.2) is 41.5 Å². The molecule has 3 rings (SSSR count). The zero-order valence-corrected chi connectivity index (χ0v) is 11.3. The molecule has 1 aliphatic rings. The molecule has 2 heterocycles. The molecule has 0 saturated heterocycles. The Balaban J connectivity index is 2.18. The van der Waals surface area contributed by atoms with Gasteiger partial charge in [0.2, 0.25) is 10.0 Å². The average Bonchev–Trinajstić information content (AvgIpc) is 2.83. The Morgan fingerprint density at radius 2 is 2.05 bits per heavy atom. The molecule has 1 unspecified atom stereocenters. The third-order valence-electron chi connectivity index (χ3n) is 3.03. The molecule has 3 N–H and O–H groups in total. The molecule has 0 spiro atoms. The quantitative estimate of drug-likeness (QED) is 0.858. The second kappa shape index (κ2) is 4.73. The molecule has 7 nitrogen and oxygen atoms in total. The highest BCUT2D eigenvalue weighted by Crippen LogP contribution is 2.30. The van der Waals surface area contributed by atoms with E-state index >= 15 is 0 Å². The number of primary sulfonamides is 1. The lowest BCUT2D eigenvalue weighted by Crippen LogP contribution is -2.28. The van der Waals surface area contributed by atoms with Gasteiger partial charge in [-0.2, -0.15) is 5.10 Å². The van der Waals surface area contributed by atoms with Crippen molar-refractivity contribution in [3.63, 3.8) is 0 Å². The molecule has 1 aliphatic heterocycles. The van der Waals surface area contributed by atoms with E-state index in [1.54, 1.807) is 30.5 Å². The van der Waals surface area contributed by atoms with E-state index < -0.39 is 15.4 Å². The first-order valence-corrected chi connectivity index (χ1v) is 7.57. The SMILES string of the molecule is NS(=O)(=O)C(c1ccccc1)n1ncc2c1N=CNC2. The summed E-state index contributed by atoms with van der Waals surface area (Å²) in [6, 6.07) is 8.73. The number of hydrogen-bond donors (Lipinski definition) is 2. The maximum absolute atomic E-state index is 12.0. The number of fused-ring (bicyclic) bond motifs is 1. The summed E-state index contributed by atoms with van der Waals surface area (Å²) in [6.07, 6.45) is 3.12. The van der Waals surface area contributed by atoms with Crippen LogP contribution in [0.25, 0.3) is 0 Å². The van der Waals surface area contributed by atoms with Gasteiger partial charge in [-0.25, -0.2) is 23.2 Å². The van der Waals surface area contributed by atoms with Crippen molar-refractivity contribution < 1.29 is 8.42 Å². The molecule has 1 aromatic carbocycles. The molecule has 0 saturated carbocycles. The maximum Gasteiger partial charge on any atom is 0.236 e. The predicted octanol–water partition coefficient (Wildman–Crippen LogP) is 0.482. The highest BCUT2D eigenvalue weighted by Gasteiger charge is 2.29. The topological polar surface area (TPSA) is 102 Å². The Bertz CT molecular complexity index is 751. The van der Waals surface area contributed by atoms with Crippen LogP contribution in [0.3, 0.4) is 0 Å². The molecule has 1 atom stereocenters. The lowest BCUT2D eigenvalue weighted by molar-refractivity contribution is 0.554. The summed E-state index contributed by atoms with van der Waals surface area (Å²) >= 11 is 0. The molecule has 0 fully saturated rings. The number of hydrogen-bond acceptors (Lipinski definition) is 5. The Kier molecular flexibility index (Phi) is 3.03. The minimum atomic E-state index is -3.87. The van der Waals surface area contributed by atoms with E-state index in [0.29, 0.717) is 17.9 Å². The molecule has 0 bridgehead atoms. The predicted molar refractivity (Wildman–Crippen MR) is 74.9 cm³/mol. The van der Waals surface area contributed by atoms with Crippen molar-refractivity contribution in [2.45, 2.75) is 11.9 Å². The molecular formula is C12H13N5O2S. The molecule has 2 aromatic rings. The molecular weight excluding hydrogens is 278 g/mol. The van der Waals surface area contributed by atoms with Crippen molar-refractivity contribution in [3.05, 3.63) is 47.7 Å². The number of benzene rings is 1. The largest absolute Gasteiger partial charge is 0.372 e. The fraction of sp³-hybridized carbons (Fsp3) is 0.167. The number of aromatic nitrogens is 2. The molecule has 0 radical (unpaired) electrons. The van der Waals surface area contributed by atoms with Crippen molar-refractivity contribution in [3.8, 4) is 0 Å². The third-order valence-corrected chi connectivity index (χ3v) is 4.13. The van der Waals surface area contributed by atoms with Gasteiger partial charge in [-0.1, -0.05) is 30.3 Å². The van der Waals surface area contributed by atoms with E-state index in [1.807, 2.05) is 6.07 Å². The molecule has 20 heavy (non-hydrogen) atoms. The number of rotatable bonds is 3. The molecule has 0 amide bonds. The highest BCUT2D eigenvalue weighted by atomic mass is 32.2. The van der Waals surface area contributed by atoms with Gasteiger partial charge in [0.25, 0.3) is 0 Å². The van der Waals surface area contributed by atoms with Crippen LogP contribution in [-0.2, 0) is 16.6 Å². The maximum atomic E-state index is 12.0. The second-order valence-corrected chi connectivity index (χ2v) is 6.05. The van der Waals surface area contributed by atoms with Crippen LogP contribution in [-0.4, -0.2) is 24.5 Å². The van der Waals surface area contributed by atoms with Crippen LogP contribution in [0.1, 0.15) is 16.5 Å². The van der Waals surface area contributed by atoms with Crippen LogP contribution in [0.2, 0.25) is 0 Å². The van der Waals surface area contributed by atoms with Gasteiger partial charge in [-0.3, -0.25) is 0 Å². The number of sulfonamides is 1. The van der Waals surface area contributed by atoms with Gasteiger partial charge in [0, 0.05) is 12.1 Å². The van der Waals surface area contributed by atoms with Crippen LogP contribution in [0.4, 0.5) is 5.82 Å². The van der Waals surface area contributed by atoms with Crippen LogP contribution in [0.5, 0.6) is 0 Å². The van der Waals surface area contributed by atoms with E-state index in [1.165, 1.54) is 11.0 Å². The van der Waals surface area contributed by atoms with Crippen molar-refractivity contribution in [1.29, 1.82) is 0 Å². The minimum Gasteiger partial charge on any atom is -0.372 e. The lowest BCUT2D eigenvalue weighted by Gasteiger charge is -2.18. The highest BCUT2D eigenvalue weighted by molar-refractivity contribution is 7.89. The number of nitrogens with zero attached hydrogens (tertiary/aromatic N) is 3. The molecule has 104 valence electrons. The zero-order chi connectivity index (χ0) is 14.2. The summed E-state index contributed by atoms with van der Waals surface area (Å²) in [5.41, 5.74) is 1.38. The Labute approximate surface area is 116 Å². The first-order valence-electron chi connectivity index (χ1n) is 5.96. The third kappa shape index (κ3) is 2.19. The summed E-state index contributed by atoms with van der Waals surface area (Å²) in [5, 5.41) is 11.4. The first kappa shape index (κ1) is 12.8. The van der Waals surface area contributed by atoms with Gasteiger partial charge in [0.1, 0.15) is 0 Å². The second-order valence-electron chi connectivity index (χ2n) is 4.43. The van der Waals surface area contributed by atoms with Crippen molar-refractivity contribution in [2.24, 2.45) is 10.1 Å². The Morgan fingerprint density at radius 1 is 1.30 bits per heavy atom. The van der Waals surface area contributed by atoms with Gasteiger partial charge < -0.3 is 5.32 Å². The summed E-state index contributed by atoms with van der Waals surface area (Å²) in [4.78, 5) is 4.16. The van der Waals surface area contributed by atoms with Crippen molar-refractivity contribution in [2.75, 3.05) is 0 Å². The number of aliphatic imine (C=N–C) groups is 1. The normalized spacial score (nSPS) is 15.4. The van der Waals surface area contributed by atoms with E-state index in [4.69, 9.17) is 5.14 Å². The van der Waals surface area contributed by atoms with Gasteiger partial charge in [0.05, 0.1) is 12.5 Å². The first-order chi connectivity index (χ1) is 9.57. The van der Waals surface area contributed by atoms with Crippen LogP contribution >= 0.6 is 0 Å². The monoisotopic (exact) mass is 291 g/mol. The van der Waals surface area contributed by atoms with E-state index in [9.17, 15) is 8.42 Å². The van der Waals surface area contributed by atoms with Gasteiger partial charge in [-0.15, -0.1) is 0 Å². The van der Waals surface area contributed by atoms with Gasteiger partial charge in [0.15, 0.2) is 11.2 Å². The summed E-state index contributed by atoms with van der Waals surface area (Å²) in [5.74, 6) is 0.506. The fourth-order valence-electron chi connectivity index (χ4n) is 2.18.